The van der Waals surface area contributed by atoms with Gasteiger partial charge in [0.1, 0.15) is 11.5 Å². The number of unbranched alkanes of at least 4 members (excludes halogenated alkanes) is 3. The molecule has 4 aromatic carbocycles. The number of carbonyl (C=O) groups excluding carboxylic acids is 1. The number of aliphatic carboxylic acids is 2. The van der Waals surface area contributed by atoms with Crippen molar-refractivity contribution in [2.45, 2.75) is 64.3 Å². The quantitative estimate of drug-likeness (QED) is 0.0792. The van der Waals surface area contributed by atoms with Gasteiger partial charge in [-0.15, -0.1) is 0 Å². The molecule has 2 heterocycles. The normalized spacial score (nSPS) is 12.4. The molecule has 278 valence electrons. The van der Waals surface area contributed by atoms with Crippen molar-refractivity contribution in [3.8, 4) is 45.6 Å². The largest absolute Gasteiger partial charge is 0.494 e. The van der Waals surface area contributed by atoms with E-state index in [1.807, 2.05) is 66.7 Å². The fourth-order valence-electron chi connectivity index (χ4n) is 6.25. The zero-order chi connectivity index (χ0) is 37.0. The first kappa shape index (κ1) is 36.9. The van der Waals surface area contributed by atoms with E-state index in [2.05, 4.69) is 5.32 Å². The topological polar surface area (TPSA) is 159 Å². The van der Waals surface area contributed by atoms with Crippen molar-refractivity contribution in [1.29, 1.82) is 0 Å². The van der Waals surface area contributed by atoms with Gasteiger partial charge in [0.2, 0.25) is 13.6 Å². The Morgan fingerprint density at radius 2 is 1.36 bits per heavy atom. The van der Waals surface area contributed by atoms with Crippen LogP contribution in [0.5, 0.6) is 34.5 Å². The number of aryl methyl sites for hydroxylation is 1. The summed E-state index contributed by atoms with van der Waals surface area (Å²) in [4.78, 5) is 35.6. The van der Waals surface area contributed by atoms with Crippen LogP contribution in [0.25, 0.3) is 11.1 Å². The first-order valence-electron chi connectivity index (χ1n) is 17.8. The monoisotopic (exact) mass is 725 g/mol. The summed E-state index contributed by atoms with van der Waals surface area (Å²) in [5.41, 5.74) is 4.93. The number of carboxylic acid groups (broad SMARTS) is 2. The molecule has 2 aliphatic heterocycles. The van der Waals surface area contributed by atoms with E-state index in [0.29, 0.717) is 66.1 Å². The average molecular weight is 726 g/mol. The lowest BCUT2D eigenvalue weighted by atomic mass is 9.97. The number of fused-ring (bicyclic) bond motifs is 2. The Morgan fingerprint density at radius 3 is 2.15 bits per heavy atom. The summed E-state index contributed by atoms with van der Waals surface area (Å²) in [6, 6.07) is 22.5. The third kappa shape index (κ3) is 10.3. The molecular formula is C41H43NO11. The number of carbonyl (C=O) groups is 3. The van der Waals surface area contributed by atoms with Gasteiger partial charge < -0.3 is 44.0 Å². The van der Waals surface area contributed by atoms with E-state index in [0.717, 1.165) is 59.9 Å². The number of benzene rings is 4. The molecule has 0 saturated carbocycles. The Balaban J connectivity index is 1.04. The third-order valence-corrected chi connectivity index (χ3v) is 8.99. The van der Waals surface area contributed by atoms with Gasteiger partial charge in [-0.25, -0.2) is 0 Å². The van der Waals surface area contributed by atoms with Crippen molar-refractivity contribution < 1.29 is 53.0 Å². The predicted octanol–water partition coefficient (Wildman–Crippen LogP) is 7.18. The fourth-order valence-corrected chi connectivity index (χ4v) is 6.25. The fraction of sp³-hybridized carbons (Fsp3) is 0.341. The van der Waals surface area contributed by atoms with Gasteiger partial charge >= 0.3 is 11.9 Å². The second kappa shape index (κ2) is 18.0. The van der Waals surface area contributed by atoms with Crippen LogP contribution >= 0.6 is 0 Å². The SMILES string of the molecule is O=C(O)CCCOc1cccc(CCCCCCOc2cc(C(=O)NCc3ccc4c(c3)OCO4)cc(-c3ccc4c(c3)OCO4)c2)c1CCC(=O)O. The number of rotatable bonds is 20. The van der Waals surface area contributed by atoms with Gasteiger partial charge in [0, 0.05) is 24.9 Å². The van der Waals surface area contributed by atoms with Crippen molar-refractivity contribution in [2.75, 3.05) is 26.8 Å². The van der Waals surface area contributed by atoms with Gasteiger partial charge in [-0.1, -0.05) is 37.1 Å². The van der Waals surface area contributed by atoms with E-state index in [1.54, 1.807) is 6.07 Å². The van der Waals surface area contributed by atoms with Crippen LogP contribution in [0.3, 0.4) is 0 Å². The molecule has 2 aliphatic rings. The van der Waals surface area contributed by atoms with Gasteiger partial charge in [-0.3, -0.25) is 14.4 Å². The number of hydrogen-bond acceptors (Lipinski definition) is 9. The molecule has 0 aromatic heterocycles. The molecule has 0 radical (unpaired) electrons. The Kier molecular flexibility index (Phi) is 12.5. The zero-order valence-corrected chi connectivity index (χ0v) is 29.4. The molecule has 6 rings (SSSR count). The minimum absolute atomic E-state index is 0.0128. The highest BCUT2D eigenvalue weighted by Crippen LogP contribution is 2.37. The summed E-state index contributed by atoms with van der Waals surface area (Å²) in [6.45, 7) is 1.38. The van der Waals surface area contributed by atoms with Gasteiger partial charge in [0.05, 0.1) is 13.2 Å². The van der Waals surface area contributed by atoms with Gasteiger partial charge in [-0.05, 0) is 108 Å². The lowest BCUT2D eigenvalue weighted by Crippen LogP contribution is -2.22. The van der Waals surface area contributed by atoms with Crippen LogP contribution in [0.15, 0.2) is 72.8 Å². The standard InChI is InChI=1S/C41H43NO11/c43-39(44)10-6-18-49-34-9-5-8-28(33(34)13-16-40(45)46)7-3-1-2-4-17-48-32-21-30(29-12-15-36-38(23-29)53-26-51-36)20-31(22-32)41(47)42-24-27-11-14-35-37(19-27)52-25-50-35/h5,8-9,11-12,14-15,19-23H,1-4,6-7,10,13,16-18,24-26H2,(H,42,47)(H,43,44)(H,45,46). The number of ether oxygens (including phenoxy) is 6. The second-order valence-corrected chi connectivity index (χ2v) is 12.8. The average Bonchev–Trinajstić information content (AvgIpc) is 3.83. The summed E-state index contributed by atoms with van der Waals surface area (Å²) < 4.78 is 34.0. The van der Waals surface area contributed by atoms with Crippen LogP contribution in [0, 0.1) is 0 Å². The van der Waals surface area contributed by atoms with Crippen LogP contribution in [-0.4, -0.2) is 54.9 Å². The van der Waals surface area contributed by atoms with Crippen molar-refractivity contribution in [1.82, 2.24) is 5.32 Å². The van der Waals surface area contributed by atoms with Gasteiger partial charge in [0.15, 0.2) is 23.0 Å². The van der Waals surface area contributed by atoms with Crippen molar-refractivity contribution >= 4 is 17.8 Å². The van der Waals surface area contributed by atoms with E-state index in [-0.39, 0.29) is 38.9 Å². The highest BCUT2D eigenvalue weighted by molar-refractivity contribution is 5.96. The molecule has 1 amide bonds. The van der Waals surface area contributed by atoms with Crippen molar-refractivity contribution in [3.05, 3.63) is 95.1 Å². The molecule has 53 heavy (non-hydrogen) atoms. The molecule has 0 unspecified atom stereocenters. The smallest absolute Gasteiger partial charge is 0.303 e. The summed E-state index contributed by atoms with van der Waals surface area (Å²) in [5, 5.41) is 21.2. The molecule has 0 fully saturated rings. The van der Waals surface area contributed by atoms with E-state index < -0.39 is 11.9 Å². The van der Waals surface area contributed by atoms with E-state index >= 15 is 0 Å². The lowest BCUT2D eigenvalue weighted by molar-refractivity contribution is -0.138. The zero-order valence-electron chi connectivity index (χ0n) is 29.4. The van der Waals surface area contributed by atoms with Gasteiger partial charge in [0.25, 0.3) is 5.91 Å². The lowest BCUT2D eigenvalue weighted by Gasteiger charge is -2.15. The highest BCUT2D eigenvalue weighted by Gasteiger charge is 2.18. The third-order valence-electron chi connectivity index (χ3n) is 8.99. The Morgan fingerprint density at radius 1 is 0.642 bits per heavy atom. The van der Waals surface area contributed by atoms with E-state index in [9.17, 15) is 19.5 Å². The van der Waals surface area contributed by atoms with E-state index in [4.69, 9.17) is 33.5 Å². The number of carboxylic acids is 2. The Bertz CT molecular complexity index is 1920. The van der Waals surface area contributed by atoms with Crippen LogP contribution in [0.1, 0.15) is 72.0 Å². The van der Waals surface area contributed by atoms with Crippen LogP contribution in [-0.2, 0) is 29.0 Å². The Hall–Kier alpha value is -5.91. The second-order valence-electron chi connectivity index (χ2n) is 12.8. The summed E-state index contributed by atoms with van der Waals surface area (Å²) in [7, 11) is 0. The van der Waals surface area contributed by atoms with Crippen LogP contribution in [0.2, 0.25) is 0 Å². The molecule has 0 atom stereocenters. The maximum Gasteiger partial charge on any atom is 0.303 e. The number of amides is 1. The molecule has 0 spiro atoms. The van der Waals surface area contributed by atoms with Crippen LogP contribution in [0.4, 0.5) is 0 Å². The minimum atomic E-state index is -0.882. The van der Waals surface area contributed by atoms with Crippen molar-refractivity contribution in [3.63, 3.8) is 0 Å². The van der Waals surface area contributed by atoms with Crippen molar-refractivity contribution in [2.24, 2.45) is 0 Å². The van der Waals surface area contributed by atoms with Gasteiger partial charge in [-0.2, -0.15) is 0 Å². The maximum atomic E-state index is 13.4. The maximum absolute atomic E-state index is 13.4. The molecule has 0 saturated heterocycles. The summed E-state index contributed by atoms with van der Waals surface area (Å²) >= 11 is 0. The molecule has 3 N–H and O–H groups in total. The molecule has 0 aliphatic carbocycles. The first-order chi connectivity index (χ1) is 25.8. The highest BCUT2D eigenvalue weighted by atomic mass is 16.7. The molecule has 0 bridgehead atoms. The van der Waals surface area contributed by atoms with E-state index in [1.165, 1.54) is 0 Å². The number of hydrogen-bond donors (Lipinski definition) is 3. The molecular weight excluding hydrogens is 682 g/mol. The number of nitrogens with one attached hydrogen (secondary N) is 1. The minimum Gasteiger partial charge on any atom is -0.494 e. The van der Waals surface area contributed by atoms with Crippen LogP contribution < -0.4 is 33.7 Å². The predicted molar refractivity (Wildman–Crippen MR) is 194 cm³/mol. The summed E-state index contributed by atoms with van der Waals surface area (Å²) in [5.74, 6) is 1.85. The molecule has 12 nitrogen and oxygen atoms in total. The summed E-state index contributed by atoms with van der Waals surface area (Å²) in [6.07, 6.45) is 5.05. The molecule has 12 heteroatoms. The molecule has 4 aromatic rings. The Labute approximate surface area is 307 Å². The first-order valence-corrected chi connectivity index (χ1v) is 17.8.